The fourth-order valence-electron chi connectivity index (χ4n) is 1.14. The highest BCUT2D eigenvalue weighted by molar-refractivity contribution is 5.63. The van der Waals surface area contributed by atoms with Crippen molar-refractivity contribution < 1.29 is 0 Å². The molecule has 1 nitrogen and oxygen atoms in total. The highest BCUT2D eigenvalue weighted by Gasteiger charge is 1.98. The van der Waals surface area contributed by atoms with Gasteiger partial charge in [0.25, 0.3) is 0 Å². The Labute approximate surface area is 67.8 Å². The fraction of sp³-hybridized carbons (Fsp3) is 0.300. The molecule has 0 aliphatic heterocycles. The number of aryl methyl sites for hydroxylation is 2. The predicted octanol–water partition coefficient (Wildman–Crippen LogP) is 2.73. The number of allylic oxidation sites excluding steroid dienone is 1. The minimum atomic E-state index is 1.06. The summed E-state index contributed by atoms with van der Waals surface area (Å²) in [6, 6.07) is 2.07. The van der Waals surface area contributed by atoms with Crippen molar-refractivity contribution >= 4 is 5.57 Å². The van der Waals surface area contributed by atoms with Gasteiger partial charge < -0.3 is 0 Å². The minimum absolute atomic E-state index is 1.06. The Balaban J connectivity index is 3.20. The third-order valence-corrected chi connectivity index (χ3v) is 1.71. The van der Waals surface area contributed by atoms with Crippen molar-refractivity contribution in [3.05, 3.63) is 35.7 Å². The molecule has 1 heterocycles. The third-order valence-electron chi connectivity index (χ3n) is 1.71. The van der Waals surface area contributed by atoms with E-state index in [1.807, 2.05) is 20.0 Å². The lowest BCUT2D eigenvalue weighted by atomic mass is 10.1. The van der Waals surface area contributed by atoms with Gasteiger partial charge in [-0.3, -0.25) is 4.98 Å². The lowest BCUT2D eigenvalue weighted by Gasteiger charge is -2.03. The summed E-state index contributed by atoms with van der Waals surface area (Å²) in [4.78, 5) is 4.20. The van der Waals surface area contributed by atoms with Crippen LogP contribution in [0.2, 0.25) is 0 Å². The van der Waals surface area contributed by atoms with E-state index < -0.39 is 0 Å². The van der Waals surface area contributed by atoms with Crippen LogP contribution < -0.4 is 0 Å². The highest BCUT2D eigenvalue weighted by Crippen LogP contribution is 2.15. The van der Waals surface area contributed by atoms with Gasteiger partial charge in [0.05, 0.1) is 0 Å². The molecule has 0 saturated heterocycles. The maximum absolute atomic E-state index is 4.20. The zero-order valence-corrected chi connectivity index (χ0v) is 7.31. The summed E-state index contributed by atoms with van der Waals surface area (Å²) in [7, 11) is 0. The molecule has 58 valence electrons. The molecule has 1 aromatic rings. The molecule has 11 heavy (non-hydrogen) atoms. The molecule has 0 bridgehead atoms. The van der Waals surface area contributed by atoms with Crippen LogP contribution in [-0.4, -0.2) is 4.98 Å². The Kier molecular flexibility index (Phi) is 2.08. The van der Waals surface area contributed by atoms with Gasteiger partial charge >= 0.3 is 0 Å². The lowest BCUT2D eigenvalue weighted by molar-refractivity contribution is 1.16. The summed E-state index contributed by atoms with van der Waals surface area (Å²) >= 11 is 0. The van der Waals surface area contributed by atoms with Crippen molar-refractivity contribution in [2.24, 2.45) is 0 Å². The Hall–Kier alpha value is -1.11. The lowest BCUT2D eigenvalue weighted by Crippen LogP contribution is -1.89. The first kappa shape index (κ1) is 7.99. The quantitative estimate of drug-likeness (QED) is 0.595. The van der Waals surface area contributed by atoms with Crippen molar-refractivity contribution in [3.63, 3.8) is 0 Å². The van der Waals surface area contributed by atoms with E-state index >= 15 is 0 Å². The Morgan fingerprint density at radius 1 is 1.45 bits per heavy atom. The first-order chi connectivity index (χ1) is 5.11. The van der Waals surface area contributed by atoms with E-state index in [-0.39, 0.29) is 0 Å². The highest BCUT2D eigenvalue weighted by atomic mass is 14.7. The van der Waals surface area contributed by atoms with Crippen LogP contribution in [0, 0.1) is 13.8 Å². The zero-order chi connectivity index (χ0) is 8.43. The minimum Gasteiger partial charge on any atom is -0.261 e. The molecule has 0 aliphatic carbocycles. The number of rotatable bonds is 1. The summed E-state index contributed by atoms with van der Waals surface area (Å²) < 4.78 is 0. The molecule has 0 atom stereocenters. The average Bonchev–Trinajstić information content (AvgIpc) is 1.85. The number of aromatic nitrogens is 1. The Bertz CT molecular complexity index is 287. The molecule has 0 aromatic carbocycles. The molecule has 0 aliphatic rings. The van der Waals surface area contributed by atoms with Gasteiger partial charge in [0.15, 0.2) is 0 Å². The summed E-state index contributed by atoms with van der Waals surface area (Å²) in [6.07, 6.45) is 1.88. The van der Waals surface area contributed by atoms with E-state index in [0.29, 0.717) is 0 Å². The summed E-state index contributed by atoms with van der Waals surface area (Å²) in [5, 5.41) is 0. The van der Waals surface area contributed by atoms with Crippen molar-refractivity contribution in [1.29, 1.82) is 0 Å². The van der Waals surface area contributed by atoms with Crippen molar-refractivity contribution in [2.75, 3.05) is 0 Å². The van der Waals surface area contributed by atoms with Crippen LogP contribution in [0.1, 0.15) is 23.7 Å². The molecular weight excluding hydrogens is 134 g/mol. The topological polar surface area (TPSA) is 12.9 Å². The maximum atomic E-state index is 4.20. The van der Waals surface area contributed by atoms with Crippen LogP contribution in [0.4, 0.5) is 0 Å². The van der Waals surface area contributed by atoms with E-state index in [0.717, 1.165) is 16.8 Å². The van der Waals surface area contributed by atoms with Gasteiger partial charge in [-0.25, -0.2) is 0 Å². The van der Waals surface area contributed by atoms with Crippen LogP contribution in [-0.2, 0) is 0 Å². The molecule has 0 radical (unpaired) electrons. The molecule has 0 spiro atoms. The normalized spacial score (nSPS) is 9.73. The van der Waals surface area contributed by atoms with Crippen LogP contribution in [0.15, 0.2) is 18.8 Å². The van der Waals surface area contributed by atoms with E-state index in [1.165, 1.54) is 5.56 Å². The van der Waals surface area contributed by atoms with Crippen LogP contribution >= 0.6 is 0 Å². The SMILES string of the molecule is C=C(C)c1cnc(C)cc1C. The molecule has 1 aromatic heterocycles. The second-order valence-corrected chi connectivity index (χ2v) is 2.92. The van der Waals surface area contributed by atoms with Crippen LogP contribution in [0.25, 0.3) is 5.57 Å². The Morgan fingerprint density at radius 2 is 2.09 bits per heavy atom. The van der Waals surface area contributed by atoms with Crippen molar-refractivity contribution in [1.82, 2.24) is 4.98 Å². The number of pyridine rings is 1. The first-order valence-electron chi connectivity index (χ1n) is 3.70. The molecule has 0 fully saturated rings. The number of hydrogen-bond acceptors (Lipinski definition) is 1. The second kappa shape index (κ2) is 2.87. The smallest absolute Gasteiger partial charge is 0.0375 e. The van der Waals surface area contributed by atoms with E-state index in [2.05, 4.69) is 24.6 Å². The van der Waals surface area contributed by atoms with Crippen LogP contribution in [0.5, 0.6) is 0 Å². The average molecular weight is 147 g/mol. The maximum Gasteiger partial charge on any atom is 0.0375 e. The second-order valence-electron chi connectivity index (χ2n) is 2.92. The van der Waals surface area contributed by atoms with Gasteiger partial charge in [0, 0.05) is 11.9 Å². The molecule has 0 amide bonds. The molecule has 1 heteroatoms. The number of nitrogens with zero attached hydrogens (tertiary/aromatic N) is 1. The summed E-state index contributed by atoms with van der Waals surface area (Å²) in [6.45, 7) is 9.95. The van der Waals surface area contributed by atoms with Gasteiger partial charge in [-0.15, -0.1) is 0 Å². The number of hydrogen-bond donors (Lipinski definition) is 0. The van der Waals surface area contributed by atoms with Gasteiger partial charge in [-0.05, 0) is 43.5 Å². The monoisotopic (exact) mass is 147 g/mol. The van der Waals surface area contributed by atoms with Gasteiger partial charge in [-0.2, -0.15) is 0 Å². The molecule has 0 saturated carbocycles. The standard InChI is InChI=1S/C10H13N/c1-7(2)10-6-11-9(4)5-8(10)3/h5-6H,1H2,2-4H3. The third kappa shape index (κ3) is 1.67. The fourth-order valence-corrected chi connectivity index (χ4v) is 1.14. The van der Waals surface area contributed by atoms with Crippen molar-refractivity contribution in [2.45, 2.75) is 20.8 Å². The largest absolute Gasteiger partial charge is 0.261 e. The van der Waals surface area contributed by atoms with Crippen LogP contribution in [0.3, 0.4) is 0 Å². The van der Waals surface area contributed by atoms with E-state index in [1.54, 1.807) is 0 Å². The molecule has 1 rings (SSSR count). The summed E-state index contributed by atoms with van der Waals surface area (Å²) in [5.41, 5.74) is 4.56. The first-order valence-corrected chi connectivity index (χ1v) is 3.70. The van der Waals surface area contributed by atoms with Gasteiger partial charge in [0.2, 0.25) is 0 Å². The predicted molar refractivity (Wildman–Crippen MR) is 48.4 cm³/mol. The Morgan fingerprint density at radius 3 is 2.55 bits per heavy atom. The van der Waals surface area contributed by atoms with E-state index in [9.17, 15) is 0 Å². The van der Waals surface area contributed by atoms with Gasteiger partial charge in [0.1, 0.15) is 0 Å². The zero-order valence-electron chi connectivity index (χ0n) is 7.31. The molecule has 0 N–H and O–H groups in total. The molecule has 0 unspecified atom stereocenters. The summed E-state index contributed by atoms with van der Waals surface area (Å²) in [5.74, 6) is 0. The molecular formula is C10H13N. The van der Waals surface area contributed by atoms with Gasteiger partial charge in [-0.1, -0.05) is 6.58 Å². The van der Waals surface area contributed by atoms with E-state index in [4.69, 9.17) is 0 Å². The van der Waals surface area contributed by atoms with Crippen molar-refractivity contribution in [3.8, 4) is 0 Å².